The zero-order valence-electron chi connectivity index (χ0n) is 13.7. The Kier molecular flexibility index (Phi) is 3.75. The largest absolute Gasteiger partial charge is 0.388 e. The highest BCUT2D eigenvalue weighted by molar-refractivity contribution is 5.84. The van der Waals surface area contributed by atoms with Gasteiger partial charge in [0.2, 0.25) is 5.91 Å². The number of pyridine rings is 1. The lowest BCUT2D eigenvalue weighted by Crippen LogP contribution is -2.48. The molecule has 0 atom stereocenters. The van der Waals surface area contributed by atoms with Crippen LogP contribution >= 0.6 is 0 Å². The molecule has 1 amide bonds. The maximum atomic E-state index is 12.2. The van der Waals surface area contributed by atoms with Crippen LogP contribution in [0.2, 0.25) is 0 Å². The predicted molar refractivity (Wildman–Crippen MR) is 86.3 cm³/mol. The highest BCUT2D eigenvalue weighted by Gasteiger charge is 2.34. The summed E-state index contributed by atoms with van der Waals surface area (Å²) in [6.07, 6.45) is 2.63. The Hall–Kier alpha value is -2.15. The van der Waals surface area contributed by atoms with Crippen LogP contribution in [0.25, 0.3) is 11.0 Å². The van der Waals surface area contributed by atoms with Gasteiger partial charge in [0.25, 0.3) is 5.56 Å². The lowest BCUT2D eigenvalue weighted by atomic mass is 9.80. The van der Waals surface area contributed by atoms with E-state index in [9.17, 15) is 14.7 Å². The Morgan fingerprint density at radius 1 is 1.43 bits per heavy atom. The van der Waals surface area contributed by atoms with Crippen molar-refractivity contribution in [2.24, 2.45) is 7.05 Å². The van der Waals surface area contributed by atoms with E-state index in [1.807, 2.05) is 13.8 Å². The Morgan fingerprint density at radius 2 is 2.13 bits per heavy atom. The van der Waals surface area contributed by atoms with E-state index >= 15 is 0 Å². The van der Waals surface area contributed by atoms with Crippen molar-refractivity contribution >= 4 is 16.9 Å². The maximum Gasteiger partial charge on any atom is 0.273 e. The molecule has 3 N–H and O–H groups in total. The molecule has 0 spiro atoms. The molecule has 0 aliphatic heterocycles. The van der Waals surface area contributed by atoms with E-state index in [-0.39, 0.29) is 24.4 Å². The summed E-state index contributed by atoms with van der Waals surface area (Å²) in [7, 11) is 1.74. The van der Waals surface area contributed by atoms with Gasteiger partial charge >= 0.3 is 0 Å². The van der Waals surface area contributed by atoms with Crippen molar-refractivity contribution in [3.63, 3.8) is 0 Å². The number of rotatable bonds is 4. The summed E-state index contributed by atoms with van der Waals surface area (Å²) in [5, 5.41) is 16.0. The fourth-order valence-corrected chi connectivity index (χ4v) is 3.16. The van der Waals surface area contributed by atoms with E-state index in [1.54, 1.807) is 11.7 Å². The zero-order chi connectivity index (χ0) is 16.8. The van der Waals surface area contributed by atoms with Crippen molar-refractivity contribution in [3.8, 4) is 0 Å². The number of hydrogen-bond acceptors (Lipinski definition) is 4. The van der Waals surface area contributed by atoms with Crippen molar-refractivity contribution in [1.29, 1.82) is 0 Å². The van der Waals surface area contributed by atoms with Crippen LogP contribution in [0.1, 0.15) is 36.1 Å². The Bertz CT molecular complexity index is 830. The lowest BCUT2D eigenvalue weighted by molar-refractivity contribution is -0.122. The van der Waals surface area contributed by atoms with Gasteiger partial charge in [0, 0.05) is 19.3 Å². The molecule has 0 bridgehead atoms. The molecule has 0 unspecified atom stereocenters. The third-order valence-electron chi connectivity index (χ3n) is 4.81. The Morgan fingerprint density at radius 3 is 2.74 bits per heavy atom. The minimum atomic E-state index is -0.738. The molecule has 0 saturated heterocycles. The first-order chi connectivity index (χ1) is 10.8. The van der Waals surface area contributed by atoms with Gasteiger partial charge in [0.1, 0.15) is 0 Å². The number of carbonyl (C=O) groups is 1. The number of H-pyrrole nitrogens is 1. The van der Waals surface area contributed by atoms with E-state index in [0.29, 0.717) is 11.0 Å². The van der Waals surface area contributed by atoms with Crippen molar-refractivity contribution < 1.29 is 9.90 Å². The molecule has 2 aromatic heterocycles. The summed E-state index contributed by atoms with van der Waals surface area (Å²) >= 11 is 0. The molecule has 2 aromatic rings. The minimum absolute atomic E-state index is 0.158. The van der Waals surface area contributed by atoms with Gasteiger partial charge in [0.15, 0.2) is 5.65 Å². The molecule has 1 fully saturated rings. The topological polar surface area (TPSA) is 100 Å². The molecule has 7 nitrogen and oxygen atoms in total. The molecule has 1 saturated carbocycles. The fraction of sp³-hybridized carbons (Fsp3) is 0.562. The number of aromatic nitrogens is 3. The van der Waals surface area contributed by atoms with E-state index in [2.05, 4.69) is 15.4 Å². The second-order valence-electron chi connectivity index (χ2n) is 6.53. The fourth-order valence-electron chi connectivity index (χ4n) is 3.16. The number of hydrogen-bond donors (Lipinski definition) is 3. The number of aromatic amines is 1. The van der Waals surface area contributed by atoms with E-state index in [0.717, 1.165) is 36.1 Å². The average molecular weight is 318 g/mol. The summed E-state index contributed by atoms with van der Waals surface area (Å²) < 4.78 is 1.59. The molecular weight excluding hydrogens is 296 g/mol. The number of aryl methyl sites for hydroxylation is 3. The van der Waals surface area contributed by atoms with E-state index in [4.69, 9.17) is 0 Å². The SMILES string of the molecule is Cc1nc2c(c(C)c1CC(=O)NCC1(O)CCC1)c(=O)[nH]n2C. The van der Waals surface area contributed by atoms with Crippen LogP contribution in [0.5, 0.6) is 0 Å². The van der Waals surface area contributed by atoms with Crippen LogP contribution in [0, 0.1) is 13.8 Å². The third kappa shape index (κ3) is 2.76. The van der Waals surface area contributed by atoms with Crippen LogP contribution < -0.4 is 10.9 Å². The van der Waals surface area contributed by atoms with Gasteiger partial charge in [-0.2, -0.15) is 0 Å². The molecule has 0 radical (unpaired) electrons. The third-order valence-corrected chi connectivity index (χ3v) is 4.81. The summed E-state index contributed by atoms with van der Waals surface area (Å²) in [5.74, 6) is -0.162. The van der Waals surface area contributed by atoms with Gasteiger partial charge in [-0.15, -0.1) is 0 Å². The minimum Gasteiger partial charge on any atom is -0.388 e. The number of aliphatic hydroxyl groups is 1. The average Bonchev–Trinajstić information content (AvgIpc) is 2.73. The quantitative estimate of drug-likeness (QED) is 0.762. The molecule has 2 heterocycles. The lowest BCUT2D eigenvalue weighted by Gasteiger charge is -2.36. The second kappa shape index (κ2) is 5.49. The zero-order valence-corrected chi connectivity index (χ0v) is 13.7. The molecular formula is C16H22N4O3. The Labute approximate surface area is 133 Å². The van der Waals surface area contributed by atoms with Crippen LogP contribution in [-0.4, -0.2) is 37.9 Å². The summed E-state index contributed by atoms with van der Waals surface area (Å²) in [6.45, 7) is 3.96. The van der Waals surface area contributed by atoms with E-state index in [1.165, 1.54) is 0 Å². The van der Waals surface area contributed by atoms with Crippen LogP contribution in [-0.2, 0) is 18.3 Å². The van der Waals surface area contributed by atoms with Gasteiger partial charge in [-0.1, -0.05) is 0 Å². The molecule has 1 aliphatic rings. The number of nitrogens with zero attached hydrogens (tertiary/aromatic N) is 2. The molecule has 3 rings (SSSR count). The van der Waals surface area contributed by atoms with Gasteiger partial charge in [0.05, 0.1) is 17.4 Å². The normalized spacial score (nSPS) is 16.3. The highest BCUT2D eigenvalue weighted by atomic mass is 16.3. The summed E-state index contributed by atoms with van der Waals surface area (Å²) in [5.41, 5.74) is 1.95. The standard InChI is InChI=1S/C16H22N4O3/c1-9-11(7-12(21)17-8-16(23)5-4-6-16)10(2)18-14-13(9)15(22)19-20(14)3/h23H,4-8H2,1-3H3,(H,17,21)(H,19,22). The van der Waals surface area contributed by atoms with Crippen molar-refractivity contribution in [2.75, 3.05) is 6.54 Å². The second-order valence-corrected chi connectivity index (χ2v) is 6.53. The predicted octanol–water partition coefficient (Wildman–Crippen LogP) is 0.452. The first kappa shape index (κ1) is 15.7. The smallest absolute Gasteiger partial charge is 0.273 e. The Balaban J connectivity index is 1.83. The van der Waals surface area contributed by atoms with Crippen LogP contribution in [0.3, 0.4) is 0 Å². The van der Waals surface area contributed by atoms with Gasteiger partial charge in [-0.25, -0.2) is 4.98 Å². The molecule has 124 valence electrons. The van der Waals surface area contributed by atoms with Crippen LogP contribution in [0.15, 0.2) is 4.79 Å². The number of nitrogens with one attached hydrogen (secondary N) is 2. The van der Waals surface area contributed by atoms with Crippen molar-refractivity contribution in [2.45, 2.75) is 45.1 Å². The highest BCUT2D eigenvalue weighted by Crippen LogP contribution is 2.30. The molecule has 1 aliphatic carbocycles. The number of carbonyl (C=O) groups excluding carboxylic acids is 1. The van der Waals surface area contributed by atoms with Gasteiger partial charge < -0.3 is 10.4 Å². The molecule has 23 heavy (non-hydrogen) atoms. The van der Waals surface area contributed by atoms with Crippen molar-refractivity contribution in [1.82, 2.24) is 20.1 Å². The summed E-state index contributed by atoms with van der Waals surface area (Å²) in [4.78, 5) is 28.7. The van der Waals surface area contributed by atoms with Crippen LogP contribution in [0.4, 0.5) is 0 Å². The monoisotopic (exact) mass is 318 g/mol. The maximum absolute atomic E-state index is 12.2. The first-order valence-electron chi connectivity index (χ1n) is 7.84. The number of amides is 1. The molecule has 7 heteroatoms. The molecule has 0 aromatic carbocycles. The first-order valence-corrected chi connectivity index (χ1v) is 7.84. The summed E-state index contributed by atoms with van der Waals surface area (Å²) in [6, 6.07) is 0. The van der Waals surface area contributed by atoms with Gasteiger partial charge in [-0.05, 0) is 44.2 Å². The van der Waals surface area contributed by atoms with Crippen molar-refractivity contribution in [3.05, 3.63) is 27.2 Å². The van der Waals surface area contributed by atoms with E-state index < -0.39 is 5.60 Å². The van der Waals surface area contributed by atoms with Gasteiger partial charge in [-0.3, -0.25) is 19.4 Å². The number of fused-ring (bicyclic) bond motifs is 1.